The van der Waals surface area contributed by atoms with Gasteiger partial charge in [0.05, 0.1) is 13.2 Å². The van der Waals surface area contributed by atoms with E-state index in [9.17, 15) is 5.11 Å². The number of hydrogen-bond donors (Lipinski definition) is 1. The Hall–Kier alpha value is -0.540. The summed E-state index contributed by atoms with van der Waals surface area (Å²) in [6.45, 7) is 1.80. The van der Waals surface area contributed by atoms with Crippen molar-refractivity contribution >= 4 is 15.9 Å². The van der Waals surface area contributed by atoms with Gasteiger partial charge in [0, 0.05) is 4.47 Å². The van der Waals surface area contributed by atoms with E-state index in [4.69, 9.17) is 4.74 Å². The summed E-state index contributed by atoms with van der Waals surface area (Å²) in [7, 11) is 1.66. The molecule has 2 nitrogen and oxygen atoms in total. The van der Waals surface area contributed by atoms with Crippen molar-refractivity contribution < 1.29 is 9.84 Å². The number of benzene rings is 1. The first-order valence-electron chi connectivity index (χ1n) is 4.64. The van der Waals surface area contributed by atoms with E-state index in [2.05, 4.69) is 15.9 Å². The van der Waals surface area contributed by atoms with E-state index in [-0.39, 0.29) is 6.10 Å². The lowest BCUT2D eigenvalue weighted by Gasteiger charge is -2.09. The number of methoxy groups -OCH3 is 1. The zero-order valence-electron chi connectivity index (χ0n) is 8.46. The summed E-state index contributed by atoms with van der Waals surface area (Å²) < 4.78 is 6.27. The molecule has 1 aromatic rings. The second-order valence-corrected chi connectivity index (χ2v) is 4.26. The molecule has 0 amide bonds. The number of aliphatic hydroxyl groups excluding tert-OH is 1. The number of rotatable bonds is 4. The standard InChI is InChI=1S/C11H15BrO2/c1-8(13)3-4-9-7-10(12)5-6-11(9)14-2/h5-8,13H,3-4H2,1-2H3/t8-/m1/s1. The number of ether oxygens (including phenoxy) is 1. The van der Waals surface area contributed by atoms with Crippen molar-refractivity contribution in [1.29, 1.82) is 0 Å². The zero-order chi connectivity index (χ0) is 10.6. The normalized spacial score (nSPS) is 12.6. The smallest absolute Gasteiger partial charge is 0.122 e. The Bertz CT molecular complexity index is 297. The molecular formula is C11H15BrO2. The second-order valence-electron chi connectivity index (χ2n) is 3.34. The van der Waals surface area contributed by atoms with E-state index in [1.54, 1.807) is 14.0 Å². The third kappa shape index (κ3) is 3.31. The molecule has 0 aliphatic rings. The van der Waals surface area contributed by atoms with Crippen LogP contribution in [0.4, 0.5) is 0 Å². The minimum Gasteiger partial charge on any atom is -0.496 e. The highest BCUT2D eigenvalue weighted by Crippen LogP contribution is 2.24. The predicted octanol–water partition coefficient (Wildman–Crippen LogP) is 2.77. The van der Waals surface area contributed by atoms with Crippen molar-refractivity contribution in [3.05, 3.63) is 28.2 Å². The van der Waals surface area contributed by atoms with Crippen LogP contribution in [0.15, 0.2) is 22.7 Å². The first kappa shape index (κ1) is 11.5. The SMILES string of the molecule is COc1ccc(Br)cc1CC[C@@H](C)O. The molecule has 0 aliphatic heterocycles. The first-order chi connectivity index (χ1) is 6.63. The second kappa shape index (κ2) is 5.37. The molecule has 3 heteroatoms. The fourth-order valence-electron chi connectivity index (χ4n) is 1.31. The summed E-state index contributed by atoms with van der Waals surface area (Å²) in [6.07, 6.45) is 1.33. The predicted molar refractivity (Wildman–Crippen MR) is 60.7 cm³/mol. The van der Waals surface area contributed by atoms with E-state index in [1.165, 1.54) is 0 Å². The van der Waals surface area contributed by atoms with Gasteiger partial charge < -0.3 is 9.84 Å². The molecule has 0 heterocycles. The Kier molecular flexibility index (Phi) is 4.42. The third-order valence-electron chi connectivity index (χ3n) is 2.07. The van der Waals surface area contributed by atoms with Gasteiger partial charge >= 0.3 is 0 Å². The number of aliphatic hydroxyl groups is 1. The van der Waals surface area contributed by atoms with Gasteiger partial charge in [-0.05, 0) is 43.5 Å². The van der Waals surface area contributed by atoms with E-state index < -0.39 is 0 Å². The molecular weight excluding hydrogens is 244 g/mol. The van der Waals surface area contributed by atoms with Crippen molar-refractivity contribution in [3.8, 4) is 5.75 Å². The van der Waals surface area contributed by atoms with Gasteiger partial charge in [-0.3, -0.25) is 0 Å². The number of aryl methyl sites for hydroxylation is 1. The molecule has 1 rings (SSSR count). The average Bonchev–Trinajstić information content (AvgIpc) is 2.15. The van der Waals surface area contributed by atoms with Gasteiger partial charge in [0.2, 0.25) is 0 Å². The van der Waals surface area contributed by atoms with Gasteiger partial charge in [-0.2, -0.15) is 0 Å². The molecule has 0 bridgehead atoms. The van der Waals surface area contributed by atoms with E-state index in [0.29, 0.717) is 0 Å². The van der Waals surface area contributed by atoms with Crippen LogP contribution in [0.3, 0.4) is 0 Å². The third-order valence-corrected chi connectivity index (χ3v) is 2.57. The maximum absolute atomic E-state index is 9.19. The summed E-state index contributed by atoms with van der Waals surface area (Å²) in [5, 5.41) is 9.19. The largest absolute Gasteiger partial charge is 0.496 e. The lowest BCUT2D eigenvalue weighted by atomic mass is 10.1. The Labute approximate surface area is 93.0 Å². The maximum Gasteiger partial charge on any atom is 0.122 e. The molecule has 0 radical (unpaired) electrons. The van der Waals surface area contributed by atoms with Crippen LogP contribution in [0.25, 0.3) is 0 Å². The Morgan fingerprint density at radius 2 is 2.21 bits per heavy atom. The lowest BCUT2D eigenvalue weighted by molar-refractivity contribution is 0.184. The average molecular weight is 259 g/mol. The van der Waals surface area contributed by atoms with Gasteiger partial charge in [0.1, 0.15) is 5.75 Å². The molecule has 0 spiro atoms. The van der Waals surface area contributed by atoms with Crippen molar-refractivity contribution in [3.63, 3.8) is 0 Å². The van der Waals surface area contributed by atoms with Crippen LogP contribution in [0, 0.1) is 0 Å². The molecule has 0 aliphatic carbocycles. The molecule has 0 unspecified atom stereocenters. The van der Waals surface area contributed by atoms with Crippen LogP contribution in [0.5, 0.6) is 5.75 Å². The first-order valence-corrected chi connectivity index (χ1v) is 5.43. The topological polar surface area (TPSA) is 29.5 Å². The fourth-order valence-corrected chi connectivity index (χ4v) is 1.72. The summed E-state index contributed by atoms with van der Waals surface area (Å²) >= 11 is 3.41. The minimum absolute atomic E-state index is 0.265. The Morgan fingerprint density at radius 3 is 2.79 bits per heavy atom. The van der Waals surface area contributed by atoms with Crippen LogP contribution in [0.2, 0.25) is 0 Å². The maximum atomic E-state index is 9.19. The van der Waals surface area contributed by atoms with Gasteiger partial charge in [0.25, 0.3) is 0 Å². The molecule has 14 heavy (non-hydrogen) atoms. The molecule has 0 saturated heterocycles. The van der Waals surface area contributed by atoms with E-state index in [0.717, 1.165) is 28.6 Å². The van der Waals surface area contributed by atoms with Crippen LogP contribution in [-0.4, -0.2) is 18.3 Å². The molecule has 1 N–H and O–H groups in total. The molecule has 78 valence electrons. The molecule has 1 atom stereocenters. The minimum atomic E-state index is -0.265. The highest BCUT2D eigenvalue weighted by atomic mass is 79.9. The van der Waals surface area contributed by atoms with Gasteiger partial charge in [-0.1, -0.05) is 15.9 Å². The van der Waals surface area contributed by atoms with Gasteiger partial charge in [-0.15, -0.1) is 0 Å². The van der Waals surface area contributed by atoms with Crippen LogP contribution in [0.1, 0.15) is 18.9 Å². The molecule has 0 aromatic heterocycles. The molecule has 1 aromatic carbocycles. The van der Waals surface area contributed by atoms with Crippen LogP contribution < -0.4 is 4.74 Å². The van der Waals surface area contributed by atoms with Crippen molar-refractivity contribution in [1.82, 2.24) is 0 Å². The van der Waals surface area contributed by atoms with E-state index in [1.807, 2.05) is 18.2 Å². The summed E-state index contributed by atoms with van der Waals surface area (Å²) in [5.74, 6) is 0.883. The van der Waals surface area contributed by atoms with E-state index >= 15 is 0 Å². The number of hydrogen-bond acceptors (Lipinski definition) is 2. The van der Waals surface area contributed by atoms with Crippen LogP contribution >= 0.6 is 15.9 Å². The Morgan fingerprint density at radius 1 is 1.50 bits per heavy atom. The van der Waals surface area contributed by atoms with Crippen LogP contribution in [-0.2, 0) is 6.42 Å². The summed E-state index contributed by atoms with van der Waals surface area (Å²) in [6, 6.07) is 5.91. The summed E-state index contributed by atoms with van der Waals surface area (Å²) in [4.78, 5) is 0. The zero-order valence-corrected chi connectivity index (χ0v) is 10.0. The van der Waals surface area contributed by atoms with Crippen molar-refractivity contribution in [2.75, 3.05) is 7.11 Å². The van der Waals surface area contributed by atoms with Crippen molar-refractivity contribution in [2.24, 2.45) is 0 Å². The van der Waals surface area contributed by atoms with Crippen molar-refractivity contribution in [2.45, 2.75) is 25.9 Å². The number of halogens is 1. The quantitative estimate of drug-likeness (QED) is 0.900. The van der Waals surface area contributed by atoms with Gasteiger partial charge in [-0.25, -0.2) is 0 Å². The molecule has 0 saturated carbocycles. The highest BCUT2D eigenvalue weighted by Gasteiger charge is 2.05. The van der Waals surface area contributed by atoms with Gasteiger partial charge in [0.15, 0.2) is 0 Å². The lowest BCUT2D eigenvalue weighted by Crippen LogP contribution is -2.02. The fraction of sp³-hybridized carbons (Fsp3) is 0.455. The monoisotopic (exact) mass is 258 g/mol. The highest BCUT2D eigenvalue weighted by molar-refractivity contribution is 9.10. The summed E-state index contributed by atoms with van der Waals surface area (Å²) in [5.41, 5.74) is 1.13. The molecule has 0 fully saturated rings. The Balaban J connectivity index is 2.77.